The van der Waals surface area contributed by atoms with Crippen LogP contribution >= 0.6 is 0 Å². The maximum absolute atomic E-state index is 13.0. The summed E-state index contributed by atoms with van der Waals surface area (Å²) >= 11 is 0. The van der Waals surface area contributed by atoms with Crippen LogP contribution in [0.2, 0.25) is 0 Å². The van der Waals surface area contributed by atoms with E-state index in [1.807, 2.05) is 31.2 Å². The second-order valence-corrected chi connectivity index (χ2v) is 6.32. The summed E-state index contributed by atoms with van der Waals surface area (Å²) in [6, 6.07) is 10.9. The van der Waals surface area contributed by atoms with E-state index in [9.17, 15) is 9.59 Å². The maximum Gasteiger partial charge on any atom is 0.308 e. The Morgan fingerprint density at radius 1 is 1.07 bits per heavy atom. The predicted molar refractivity (Wildman–Crippen MR) is 104 cm³/mol. The van der Waals surface area contributed by atoms with Gasteiger partial charge in [-0.15, -0.1) is 0 Å². The second kappa shape index (κ2) is 7.66. The molecule has 3 aromatic rings. The summed E-state index contributed by atoms with van der Waals surface area (Å²) in [6.45, 7) is 7.02. The lowest BCUT2D eigenvalue weighted by molar-refractivity contribution is -0.131. The molecule has 0 N–H and O–H groups in total. The number of fused-ring (bicyclic) bond motifs is 1. The summed E-state index contributed by atoms with van der Waals surface area (Å²) in [4.78, 5) is 24.3. The fraction of sp³-hybridized carbons (Fsp3) is 0.273. The molecule has 0 aliphatic heterocycles. The lowest BCUT2D eigenvalue weighted by Crippen LogP contribution is -2.09. The van der Waals surface area contributed by atoms with Gasteiger partial charge in [-0.25, -0.2) is 0 Å². The maximum atomic E-state index is 13.0. The van der Waals surface area contributed by atoms with Crippen LogP contribution in [0.1, 0.15) is 37.7 Å². The van der Waals surface area contributed by atoms with E-state index in [0.717, 1.165) is 12.0 Å². The van der Waals surface area contributed by atoms with Crippen LogP contribution in [-0.2, 0) is 17.6 Å². The van der Waals surface area contributed by atoms with Crippen LogP contribution in [-0.4, -0.2) is 5.97 Å². The van der Waals surface area contributed by atoms with Crippen LogP contribution < -0.4 is 14.9 Å². The number of hydrogen-bond acceptors (Lipinski definition) is 5. The molecule has 0 fully saturated rings. The van der Waals surface area contributed by atoms with Gasteiger partial charge in [0.05, 0.1) is 5.39 Å². The number of esters is 1. The Labute approximate surface area is 157 Å². The van der Waals surface area contributed by atoms with Crippen LogP contribution in [0.5, 0.6) is 17.2 Å². The Bertz CT molecular complexity index is 1040. The Balaban J connectivity index is 2.09. The van der Waals surface area contributed by atoms with Gasteiger partial charge >= 0.3 is 5.97 Å². The van der Waals surface area contributed by atoms with Crippen molar-refractivity contribution < 1.29 is 18.7 Å². The Morgan fingerprint density at radius 3 is 2.37 bits per heavy atom. The highest BCUT2D eigenvalue weighted by Crippen LogP contribution is 2.30. The zero-order valence-electron chi connectivity index (χ0n) is 15.9. The molecule has 0 amide bonds. The first-order valence-electron chi connectivity index (χ1n) is 8.98. The number of rotatable bonds is 5. The standard InChI is InChI=1S/C22H22O5/c1-5-15-7-9-17(10-8-15)27-22-13(3)25-20-12-19(26-14(4)23)16(6-2)11-18(20)21(22)24/h7-12H,5-6H2,1-4H3. The third-order valence-corrected chi connectivity index (χ3v) is 4.38. The van der Waals surface area contributed by atoms with Crippen molar-refractivity contribution in [2.24, 2.45) is 0 Å². The Morgan fingerprint density at radius 2 is 1.78 bits per heavy atom. The molecule has 1 heterocycles. The SMILES string of the molecule is CCc1ccc(Oc2c(C)oc3cc(OC(C)=O)c(CC)cc3c2=O)cc1. The molecule has 0 aliphatic rings. The van der Waals surface area contributed by atoms with Gasteiger partial charge in [0.1, 0.15) is 22.8 Å². The van der Waals surface area contributed by atoms with Gasteiger partial charge < -0.3 is 13.9 Å². The third-order valence-electron chi connectivity index (χ3n) is 4.38. The van der Waals surface area contributed by atoms with Gasteiger partial charge in [-0.05, 0) is 49.1 Å². The zero-order chi connectivity index (χ0) is 19.6. The lowest BCUT2D eigenvalue weighted by Gasteiger charge is -2.12. The number of benzene rings is 2. The summed E-state index contributed by atoms with van der Waals surface area (Å²) in [7, 11) is 0. The molecule has 0 unspecified atom stereocenters. The van der Waals surface area contributed by atoms with Crippen molar-refractivity contribution >= 4 is 16.9 Å². The minimum atomic E-state index is -0.418. The molecule has 27 heavy (non-hydrogen) atoms. The molecule has 0 aliphatic carbocycles. The highest BCUT2D eigenvalue weighted by molar-refractivity contribution is 5.82. The fourth-order valence-electron chi connectivity index (χ4n) is 2.92. The van der Waals surface area contributed by atoms with Gasteiger partial charge in [0.2, 0.25) is 11.2 Å². The van der Waals surface area contributed by atoms with E-state index in [2.05, 4.69) is 6.92 Å². The fourth-order valence-corrected chi connectivity index (χ4v) is 2.92. The van der Waals surface area contributed by atoms with Crippen molar-refractivity contribution in [1.82, 2.24) is 0 Å². The summed E-state index contributed by atoms with van der Waals surface area (Å²) < 4.78 is 16.9. The molecule has 5 heteroatoms. The van der Waals surface area contributed by atoms with Crippen LogP contribution in [0.15, 0.2) is 45.6 Å². The normalized spacial score (nSPS) is 10.8. The molecule has 3 rings (SSSR count). The summed E-state index contributed by atoms with van der Waals surface area (Å²) in [5, 5.41) is 0.397. The molecular formula is C22H22O5. The quantitative estimate of drug-likeness (QED) is 0.472. The molecular weight excluding hydrogens is 344 g/mol. The largest absolute Gasteiger partial charge is 0.457 e. The molecule has 5 nitrogen and oxygen atoms in total. The number of carbonyl (C=O) groups excluding carboxylic acids is 1. The topological polar surface area (TPSA) is 65.7 Å². The summed E-state index contributed by atoms with van der Waals surface area (Å²) in [5.74, 6) is 1.09. The van der Waals surface area contributed by atoms with Crippen LogP contribution in [0.4, 0.5) is 0 Å². The third kappa shape index (κ3) is 3.87. The van der Waals surface area contributed by atoms with Crippen molar-refractivity contribution in [3.8, 4) is 17.2 Å². The number of carbonyl (C=O) groups is 1. The van der Waals surface area contributed by atoms with Crippen LogP contribution in [0.3, 0.4) is 0 Å². The van der Waals surface area contributed by atoms with Gasteiger partial charge in [-0.2, -0.15) is 0 Å². The minimum Gasteiger partial charge on any atom is -0.457 e. The highest BCUT2D eigenvalue weighted by Gasteiger charge is 2.17. The molecule has 0 atom stereocenters. The van der Waals surface area contributed by atoms with E-state index in [-0.39, 0.29) is 11.2 Å². The molecule has 0 saturated heterocycles. The van der Waals surface area contributed by atoms with E-state index in [1.54, 1.807) is 19.1 Å². The van der Waals surface area contributed by atoms with Crippen LogP contribution in [0.25, 0.3) is 11.0 Å². The summed E-state index contributed by atoms with van der Waals surface area (Å²) in [6.07, 6.45) is 1.54. The van der Waals surface area contributed by atoms with E-state index in [1.165, 1.54) is 12.5 Å². The Hall–Kier alpha value is -3.08. The number of hydrogen-bond donors (Lipinski definition) is 0. The Kier molecular flexibility index (Phi) is 5.31. The second-order valence-electron chi connectivity index (χ2n) is 6.32. The van der Waals surface area contributed by atoms with E-state index in [4.69, 9.17) is 13.9 Å². The van der Waals surface area contributed by atoms with Crippen molar-refractivity contribution in [3.05, 3.63) is 63.5 Å². The monoisotopic (exact) mass is 366 g/mol. The number of aryl methyl sites for hydroxylation is 3. The van der Waals surface area contributed by atoms with Crippen LogP contribution in [0, 0.1) is 6.92 Å². The van der Waals surface area contributed by atoms with Gasteiger partial charge in [-0.1, -0.05) is 26.0 Å². The summed E-state index contributed by atoms with van der Waals surface area (Å²) in [5.41, 5.74) is 2.05. The van der Waals surface area contributed by atoms with E-state index < -0.39 is 5.97 Å². The molecule has 2 aromatic carbocycles. The van der Waals surface area contributed by atoms with Gasteiger partial charge in [-0.3, -0.25) is 9.59 Å². The van der Waals surface area contributed by atoms with E-state index >= 15 is 0 Å². The van der Waals surface area contributed by atoms with Crippen molar-refractivity contribution in [2.75, 3.05) is 0 Å². The van der Waals surface area contributed by atoms with Gasteiger partial charge in [0, 0.05) is 13.0 Å². The molecule has 0 radical (unpaired) electrons. The van der Waals surface area contributed by atoms with Crippen molar-refractivity contribution in [1.29, 1.82) is 0 Å². The van der Waals surface area contributed by atoms with E-state index in [0.29, 0.717) is 34.6 Å². The first kappa shape index (κ1) is 18.7. The molecule has 0 saturated carbocycles. The smallest absolute Gasteiger partial charge is 0.308 e. The minimum absolute atomic E-state index is 0.161. The molecule has 140 valence electrons. The first-order valence-corrected chi connectivity index (χ1v) is 8.98. The lowest BCUT2D eigenvalue weighted by atomic mass is 10.1. The average Bonchev–Trinajstić information content (AvgIpc) is 2.65. The molecule has 0 spiro atoms. The number of ether oxygens (including phenoxy) is 2. The molecule has 1 aromatic heterocycles. The van der Waals surface area contributed by atoms with Gasteiger partial charge in [0.15, 0.2) is 0 Å². The zero-order valence-corrected chi connectivity index (χ0v) is 15.9. The van der Waals surface area contributed by atoms with Crippen molar-refractivity contribution in [3.63, 3.8) is 0 Å². The first-order chi connectivity index (χ1) is 12.9. The molecule has 0 bridgehead atoms. The predicted octanol–water partition coefficient (Wildman–Crippen LogP) is 4.94. The highest BCUT2D eigenvalue weighted by atomic mass is 16.5. The van der Waals surface area contributed by atoms with Gasteiger partial charge in [0.25, 0.3) is 0 Å². The average molecular weight is 366 g/mol. The van der Waals surface area contributed by atoms with Crippen molar-refractivity contribution in [2.45, 2.75) is 40.5 Å².